The lowest BCUT2D eigenvalue weighted by Crippen LogP contribution is -2.33. The number of anilines is 2. The van der Waals surface area contributed by atoms with Crippen molar-refractivity contribution < 1.29 is 8.78 Å². The number of aromatic nitrogens is 2. The molecule has 1 fully saturated rings. The van der Waals surface area contributed by atoms with Crippen molar-refractivity contribution in [1.29, 1.82) is 10.8 Å². The number of nitrogens with one attached hydrogen (secondary N) is 2. The molecule has 0 amide bonds. The van der Waals surface area contributed by atoms with Crippen LogP contribution in [-0.2, 0) is 6.42 Å². The zero-order chi connectivity index (χ0) is 25.9. The van der Waals surface area contributed by atoms with Crippen molar-refractivity contribution in [3.63, 3.8) is 0 Å². The third kappa shape index (κ3) is 5.29. The van der Waals surface area contributed by atoms with E-state index in [1.807, 2.05) is 43.9 Å². The van der Waals surface area contributed by atoms with Crippen molar-refractivity contribution in [1.82, 2.24) is 9.55 Å². The Morgan fingerprint density at radius 3 is 2.40 bits per heavy atom. The summed E-state index contributed by atoms with van der Waals surface area (Å²) in [5, 5.41) is 16.2. The minimum Gasteiger partial charge on any atom is -0.325 e. The highest BCUT2D eigenvalue weighted by Crippen LogP contribution is 2.47. The Hall–Kier alpha value is -3.09. The standard InChI is InChI=1S/C20H19F2N5.C6H12.C2H6/c1-11-5-3-7-15-13(11)6-4-10-26(15)19-17-16(9-8-14(21)18(17)22)27(12(2)23)20(24)25-19;1-3-6(2)4-5-6;1-2/h3,5,7-9,23-24H,4,6,10H2,1-2H3;3-5H2,1-2H3;1-2H3. The average molecular weight is 482 g/mol. The SMILES string of the molecule is CC.CC(=N)n1c(=N)nc(N2CCCc3c(C)cccc32)c2c(F)c(F)ccc21.CCC1(C)CC1. The Balaban J connectivity index is 0.000000369. The van der Waals surface area contributed by atoms with Gasteiger partial charge in [0.1, 0.15) is 11.7 Å². The molecular weight excluding hydrogens is 444 g/mol. The molecule has 0 atom stereocenters. The van der Waals surface area contributed by atoms with Gasteiger partial charge >= 0.3 is 0 Å². The first-order chi connectivity index (χ1) is 16.7. The van der Waals surface area contributed by atoms with Crippen LogP contribution in [0.5, 0.6) is 0 Å². The van der Waals surface area contributed by atoms with Crippen LogP contribution in [-0.4, -0.2) is 21.9 Å². The summed E-state index contributed by atoms with van der Waals surface area (Å²) in [6.07, 6.45) is 6.09. The summed E-state index contributed by atoms with van der Waals surface area (Å²) in [5.74, 6) is -1.75. The second-order valence-corrected chi connectivity index (χ2v) is 9.43. The maximum absolute atomic E-state index is 14.9. The van der Waals surface area contributed by atoms with Crippen LogP contribution in [0.3, 0.4) is 0 Å². The first kappa shape index (κ1) is 26.5. The van der Waals surface area contributed by atoms with E-state index >= 15 is 0 Å². The average Bonchev–Trinajstić information content (AvgIpc) is 3.60. The molecule has 0 bridgehead atoms. The van der Waals surface area contributed by atoms with Gasteiger partial charge in [-0.05, 0) is 74.3 Å². The largest absolute Gasteiger partial charge is 0.325 e. The first-order valence-corrected chi connectivity index (χ1v) is 12.5. The summed E-state index contributed by atoms with van der Waals surface area (Å²) in [4.78, 5) is 6.14. The van der Waals surface area contributed by atoms with Crippen molar-refractivity contribution in [2.45, 2.75) is 73.6 Å². The van der Waals surface area contributed by atoms with Crippen LogP contribution in [0.4, 0.5) is 20.3 Å². The van der Waals surface area contributed by atoms with Crippen molar-refractivity contribution in [2.24, 2.45) is 5.41 Å². The maximum Gasteiger partial charge on any atom is 0.230 e. The fourth-order valence-electron chi connectivity index (χ4n) is 4.38. The molecule has 0 unspecified atom stereocenters. The predicted octanol–water partition coefficient (Wildman–Crippen LogP) is 7.25. The molecule has 0 radical (unpaired) electrons. The molecule has 3 aromatic rings. The van der Waals surface area contributed by atoms with E-state index in [-0.39, 0.29) is 28.2 Å². The van der Waals surface area contributed by atoms with Gasteiger partial charge in [-0.25, -0.2) is 8.78 Å². The molecule has 0 saturated heterocycles. The van der Waals surface area contributed by atoms with Crippen LogP contribution < -0.4 is 10.5 Å². The number of hydrogen-bond donors (Lipinski definition) is 2. The lowest BCUT2D eigenvalue weighted by Gasteiger charge is -2.32. The molecule has 7 heteroatoms. The minimum atomic E-state index is -1.01. The van der Waals surface area contributed by atoms with Crippen LogP contribution in [0.1, 0.15) is 71.4 Å². The maximum atomic E-state index is 14.9. The van der Waals surface area contributed by atoms with Gasteiger partial charge in [0.25, 0.3) is 0 Å². The van der Waals surface area contributed by atoms with E-state index in [1.54, 1.807) is 0 Å². The molecule has 35 heavy (non-hydrogen) atoms. The summed E-state index contributed by atoms with van der Waals surface area (Å²) >= 11 is 0. The summed E-state index contributed by atoms with van der Waals surface area (Å²) < 4.78 is 30.1. The summed E-state index contributed by atoms with van der Waals surface area (Å²) in [7, 11) is 0. The van der Waals surface area contributed by atoms with Crippen LogP contribution in [0, 0.1) is 34.8 Å². The molecule has 188 valence electrons. The number of hydrogen-bond acceptors (Lipinski definition) is 4. The zero-order valence-electron chi connectivity index (χ0n) is 21.7. The molecule has 2 aromatic carbocycles. The Labute approximate surface area is 206 Å². The van der Waals surface area contributed by atoms with Gasteiger partial charge in [-0.1, -0.05) is 46.2 Å². The van der Waals surface area contributed by atoms with Gasteiger partial charge in [-0.15, -0.1) is 0 Å². The molecule has 2 heterocycles. The van der Waals surface area contributed by atoms with E-state index in [9.17, 15) is 8.78 Å². The molecule has 2 N–H and O–H groups in total. The molecule has 1 saturated carbocycles. The molecule has 1 aromatic heterocycles. The van der Waals surface area contributed by atoms with Gasteiger partial charge in [-0.2, -0.15) is 4.98 Å². The van der Waals surface area contributed by atoms with Gasteiger partial charge in [0, 0.05) is 12.2 Å². The number of rotatable bonds is 2. The second kappa shape index (κ2) is 10.7. The van der Waals surface area contributed by atoms with Crippen molar-refractivity contribution in [3.8, 4) is 0 Å². The topological polar surface area (TPSA) is 68.8 Å². The van der Waals surface area contributed by atoms with Crippen LogP contribution in [0.2, 0.25) is 0 Å². The smallest absolute Gasteiger partial charge is 0.230 e. The molecule has 1 aliphatic carbocycles. The number of nitrogens with zero attached hydrogens (tertiary/aromatic N) is 3. The van der Waals surface area contributed by atoms with Gasteiger partial charge in [-0.3, -0.25) is 15.4 Å². The number of aryl methyl sites for hydroxylation is 1. The van der Waals surface area contributed by atoms with E-state index in [0.717, 1.165) is 41.1 Å². The Morgan fingerprint density at radius 1 is 1.14 bits per heavy atom. The van der Waals surface area contributed by atoms with E-state index in [2.05, 4.69) is 18.8 Å². The molecule has 1 aliphatic heterocycles. The summed E-state index contributed by atoms with van der Waals surface area (Å²) in [5.41, 5.74) is 4.07. The highest BCUT2D eigenvalue weighted by Gasteiger charge is 2.34. The van der Waals surface area contributed by atoms with Crippen LogP contribution in [0.25, 0.3) is 10.9 Å². The number of halogens is 2. The van der Waals surface area contributed by atoms with Crippen molar-refractivity contribution >= 4 is 28.2 Å². The molecule has 5 rings (SSSR count). The first-order valence-electron chi connectivity index (χ1n) is 12.5. The second-order valence-electron chi connectivity index (χ2n) is 9.43. The Morgan fingerprint density at radius 2 is 1.83 bits per heavy atom. The highest BCUT2D eigenvalue weighted by molar-refractivity contribution is 5.98. The summed E-state index contributed by atoms with van der Waals surface area (Å²) in [6, 6.07) is 8.32. The number of fused-ring (bicyclic) bond motifs is 2. The van der Waals surface area contributed by atoms with E-state index in [4.69, 9.17) is 10.8 Å². The van der Waals surface area contributed by atoms with E-state index < -0.39 is 11.6 Å². The zero-order valence-corrected chi connectivity index (χ0v) is 21.7. The van der Waals surface area contributed by atoms with Gasteiger partial charge < -0.3 is 4.90 Å². The van der Waals surface area contributed by atoms with Crippen molar-refractivity contribution in [3.05, 3.63) is 58.7 Å². The molecule has 5 nitrogen and oxygen atoms in total. The van der Waals surface area contributed by atoms with E-state index in [1.165, 1.54) is 36.8 Å². The Kier molecular flexibility index (Phi) is 8.08. The van der Waals surface area contributed by atoms with Crippen LogP contribution in [0.15, 0.2) is 30.3 Å². The lowest BCUT2D eigenvalue weighted by molar-refractivity contribution is 0.516. The Bertz CT molecular complexity index is 1290. The van der Waals surface area contributed by atoms with Crippen molar-refractivity contribution in [2.75, 3.05) is 11.4 Å². The summed E-state index contributed by atoms with van der Waals surface area (Å²) in [6.45, 7) is 12.7. The van der Waals surface area contributed by atoms with Gasteiger partial charge in [0.05, 0.1) is 10.9 Å². The fourth-order valence-corrected chi connectivity index (χ4v) is 4.38. The van der Waals surface area contributed by atoms with Gasteiger partial charge in [0.15, 0.2) is 11.6 Å². The van der Waals surface area contributed by atoms with E-state index in [0.29, 0.717) is 6.54 Å². The third-order valence-corrected chi connectivity index (χ3v) is 6.99. The highest BCUT2D eigenvalue weighted by atomic mass is 19.2. The third-order valence-electron chi connectivity index (χ3n) is 6.99. The van der Waals surface area contributed by atoms with Crippen LogP contribution >= 0.6 is 0 Å². The minimum absolute atomic E-state index is 0.00745. The molecular formula is C28H37F2N5. The normalized spacial score (nSPS) is 15.4. The quantitative estimate of drug-likeness (QED) is 0.299. The van der Waals surface area contributed by atoms with Gasteiger partial charge in [0.2, 0.25) is 5.62 Å². The monoisotopic (exact) mass is 481 g/mol. The fraction of sp³-hybridized carbons (Fsp3) is 0.464. The lowest BCUT2D eigenvalue weighted by atomic mass is 9.97. The predicted molar refractivity (Wildman–Crippen MR) is 140 cm³/mol. The molecule has 2 aliphatic rings. The number of benzene rings is 2. The molecule has 0 spiro atoms.